The lowest BCUT2D eigenvalue weighted by Gasteiger charge is -2.39. The van der Waals surface area contributed by atoms with Gasteiger partial charge in [0.25, 0.3) is 0 Å². The molecule has 68 valence electrons. The molecule has 2 rings (SSSR count). The molecule has 1 saturated heterocycles. The predicted octanol–water partition coefficient (Wildman–Crippen LogP) is 1.56. The van der Waals surface area contributed by atoms with Crippen LogP contribution in [0, 0.1) is 5.82 Å². The number of hydrogen-bond acceptors (Lipinski definition) is 1. The van der Waals surface area contributed by atoms with Gasteiger partial charge in [-0.05, 0) is 24.6 Å². The molecule has 0 aliphatic carbocycles. The third-order valence-electron chi connectivity index (χ3n) is 2.41. The molecule has 0 saturated carbocycles. The normalized spacial score (nSPS) is 26.5. The molecule has 1 aliphatic heterocycles. The molecular weight excluding hydrogens is 169 g/mol. The fourth-order valence-corrected chi connectivity index (χ4v) is 1.60. The highest BCUT2D eigenvalue weighted by Crippen LogP contribution is 2.31. The first kappa shape index (κ1) is 8.23. The number of hydrogen-bond donors (Lipinski definition) is 1. The van der Waals surface area contributed by atoms with E-state index in [1.165, 1.54) is 12.1 Å². The van der Waals surface area contributed by atoms with Crippen LogP contribution in [0.25, 0.3) is 0 Å². The van der Waals surface area contributed by atoms with Gasteiger partial charge in [-0.3, -0.25) is 4.79 Å². The molecule has 1 heterocycles. The van der Waals surface area contributed by atoms with Gasteiger partial charge in [-0.15, -0.1) is 0 Å². The summed E-state index contributed by atoms with van der Waals surface area (Å²) in [7, 11) is 0. The maximum Gasteiger partial charge on any atom is 0.223 e. The van der Waals surface area contributed by atoms with E-state index in [-0.39, 0.29) is 17.3 Å². The SMILES string of the molecule is CC1(c2ccc(F)cc2)CC(=O)N1. The Bertz CT molecular complexity index is 336. The van der Waals surface area contributed by atoms with Gasteiger partial charge in [-0.1, -0.05) is 12.1 Å². The van der Waals surface area contributed by atoms with Crippen molar-refractivity contribution in [3.8, 4) is 0 Å². The van der Waals surface area contributed by atoms with E-state index in [1.54, 1.807) is 12.1 Å². The molecule has 0 aromatic heterocycles. The summed E-state index contributed by atoms with van der Waals surface area (Å²) >= 11 is 0. The second kappa shape index (κ2) is 2.55. The largest absolute Gasteiger partial charge is 0.346 e. The van der Waals surface area contributed by atoms with Crippen molar-refractivity contribution in [1.29, 1.82) is 0 Å². The van der Waals surface area contributed by atoms with Crippen LogP contribution in [-0.2, 0) is 10.3 Å². The number of halogens is 1. The average Bonchev–Trinajstić information content (AvgIpc) is 2.03. The number of amides is 1. The van der Waals surface area contributed by atoms with Gasteiger partial charge in [-0.2, -0.15) is 0 Å². The van der Waals surface area contributed by atoms with Crippen LogP contribution in [0.1, 0.15) is 18.9 Å². The van der Waals surface area contributed by atoms with Crippen LogP contribution >= 0.6 is 0 Å². The minimum Gasteiger partial charge on any atom is -0.346 e. The van der Waals surface area contributed by atoms with Crippen molar-refractivity contribution < 1.29 is 9.18 Å². The lowest BCUT2D eigenvalue weighted by Crippen LogP contribution is -2.56. The molecular formula is C10H10FNO. The van der Waals surface area contributed by atoms with E-state index in [0.29, 0.717) is 6.42 Å². The Balaban J connectivity index is 2.26. The fraction of sp³-hybridized carbons (Fsp3) is 0.300. The minimum absolute atomic E-state index is 0.0480. The Morgan fingerprint density at radius 3 is 2.38 bits per heavy atom. The van der Waals surface area contributed by atoms with Crippen molar-refractivity contribution in [1.82, 2.24) is 5.32 Å². The van der Waals surface area contributed by atoms with E-state index in [2.05, 4.69) is 5.32 Å². The predicted molar refractivity (Wildman–Crippen MR) is 46.5 cm³/mol. The number of nitrogens with one attached hydrogen (secondary N) is 1. The standard InChI is InChI=1S/C10H10FNO/c1-10(6-9(13)12-10)7-2-4-8(11)5-3-7/h2-5H,6H2,1H3,(H,12,13). The summed E-state index contributed by atoms with van der Waals surface area (Å²) in [4.78, 5) is 10.8. The van der Waals surface area contributed by atoms with Crippen molar-refractivity contribution in [3.05, 3.63) is 35.6 Å². The van der Waals surface area contributed by atoms with E-state index in [9.17, 15) is 9.18 Å². The lowest BCUT2D eigenvalue weighted by molar-refractivity contribution is -0.132. The monoisotopic (exact) mass is 179 g/mol. The molecule has 0 radical (unpaired) electrons. The zero-order valence-electron chi connectivity index (χ0n) is 7.30. The van der Waals surface area contributed by atoms with Gasteiger partial charge in [-0.25, -0.2) is 4.39 Å². The molecule has 1 amide bonds. The topological polar surface area (TPSA) is 29.1 Å². The van der Waals surface area contributed by atoms with E-state index in [0.717, 1.165) is 5.56 Å². The van der Waals surface area contributed by atoms with Crippen LogP contribution < -0.4 is 5.32 Å². The smallest absolute Gasteiger partial charge is 0.223 e. The third kappa shape index (κ3) is 1.30. The molecule has 1 atom stereocenters. The molecule has 2 nitrogen and oxygen atoms in total. The summed E-state index contributed by atoms with van der Waals surface area (Å²) in [6, 6.07) is 6.22. The van der Waals surface area contributed by atoms with Gasteiger partial charge in [0.15, 0.2) is 0 Å². The summed E-state index contributed by atoms with van der Waals surface area (Å²) < 4.78 is 12.6. The molecule has 1 N–H and O–H groups in total. The van der Waals surface area contributed by atoms with Crippen molar-refractivity contribution in [3.63, 3.8) is 0 Å². The van der Waals surface area contributed by atoms with Gasteiger partial charge in [0, 0.05) is 0 Å². The third-order valence-corrected chi connectivity index (χ3v) is 2.41. The molecule has 3 heteroatoms. The van der Waals surface area contributed by atoms with Gasteiger partial charge >= 0.3 is 0 Å². The van der Waals surface area contributed by atoms with Crippen molar-refractivity contribution in [2.75, 3.05) is 0 Å². The Kier molecular flexibility index (Phi) is 1.62. The summed E-state index contributed by atoms with van der Waals surface area (Å²) in [6.07, 6.45) is 0.485. The average molecular weight is 179 g/mol. The number of rotatable bonds is 1. The molecule has 1 aliphatic rings. The fourth-order valence-electron chi connectivity index (χ4n) is 1.60. The van der Waals surface area contributed by atoms with E-state index >= 15 is 0 Å². The molecule has 1 aromatic rings. The van der Waals surface area contributed by atoms with Crippen LogP contribution in [0.15, 0.2) is 24.3 Å². The molecule has 1 fully saturated rings. The Morgan fingerprint density at radius 1 is 1.38 bits per heavy atom. The second-order valence-electron chi connectivity index (χ2n) is 3.56. The molecule has 0 bridgehead atoms. The van der Waals surface area contributed by atoms with Crippen LogP contribution in [0.3, 0.4) is 0 Å². The van der Waals surface area contributed by atoms with Gasteiger partial charge < -0.3 is 5.32 Å². The highest BCUT2D eigenvalue weighted by Gasteiger charge is 2.39. The second-order valence-corrected chi connectivity index (χ2v) is 3.56. The summed E-state index contributed by atoms with van der Waals surface area (Å²) in [5, 5.41) is 2.79. The van der Waals surface area contributed by atoms with E-state index in [1.807, 2.05) is 6.92 Å². The van der Waals surface area contributed by atoms with E-state index in [4.69, 9.17) is 0 Å². The first-order valence-corrected chi connectivity index (χ1v) is 4.17. The first-order valence-electron chi connectivity index (χ1n) is 4.17. The van der Waals surface area contributed by atoms with Crippen LogP contribution in [0.4, 0.5) is 4.39 Å². The number of benzene rings is 1. The summed E-state index contributed by atoms with van der Waals surface area (Å²) in [5.41, 5.74) is 0.665. The zero-order chi connectivity index (χ0) is 9.47. The number of carbonyl (C=O) groups is 1. The number of carbonyl (C=O) groups excluding carboxylic acids is 1. The minimum atomic E-state index is -0.287. The van der Waals surface area contributed by atoms with Gasteiger partial charge in [0.2, 0.25) is 5.91 Å². The van der Waals surface area contributed by atoms with Gasteiger partial charge in [0.1, 0.15) is 5.82 Å². The Morgan fingerprint density at radius 2 is 1.92 bits per heavy atom. The highest BCUT2D eigenvalue weighted by molar-refractivity contribution is 5.85. The lowest BCUT2D eigenvalue weighted by atomic mass is 9.82. The Labute approximate surface area is 75.8 Å². The maximum atomic E-state index is 12.6. The quantitative estimate of drug-likeness (QED) is 0.651. The van der Waals surface area contributed by atoms with E-state index < -0.39 is 0 Å². The van der Waals surface area contributed by atoms with Crippen molar-refractivity contribution in [2.45, 2.75) is 18.9 Å². The summed E-state index contributed by atoms with van der Waals surface area (Å²) in [5.74, 6) is -0.204. The Hall–Kier alpha value is -1.38. The molecule has 13 heavy (non-hydrogen) atoms. The zero-order valence-corrected chi connectivity index (χ0v) is 7.30. The van der Waals surface area contributed by atoms with Crippen LogP contribution in [0.5, 0.6) is 0 Å². The van der Waals surface area contributed by atoms with Crippen molar-refractivity contribution >= 4 is 5.91 Å². The summed E-state index contributed by atoms with van der Waals surface area (Å²) in [6.45, 7) is 1.93. The number of β-lactam (4-membered cyclic amide) rings is 1. The molecule has 1 unspecified atom stereocenters. The molecule has 1 aromatic carbocycles. The van der Waals surface area contributed by atoms with Crippen LogP contribution in [-0.4, -0.2) is 5.91 Å². The molecule has 0 spiro atoms. The maximum absolute atomic E-state index is 12.6. The van der Waals surface area contributed by atoms with Crippen LogP contribution in [0.2, 0.25) is 0 Å². The van der Waals surface area contributed by atoms with Crippen molar-refractivity contribution in [2.24, 2.45) is 0 Å². The highest BCUT2D eigenvalue weighted by atomic mass is 19.1. The first-order chi connectivity index (χ1) is 6.10. The van der Waals surface area contributed by atoms with Gasteiger partial charge in [0.05, 0.1) is 12.0 Å².